The Labute approximate surface area is 338 Å². The number of carbonyl (C=O) groups excluding carboxylic acids is 5. The fraction of sp³-hybridized carbons (Fsp3) is 0.614. The number of epoxide rings is 1. The minimum atomic E-state index is -0.745. The maximum atomic E-state index is 12.1. The molecule has 0 unspecified atom stereocenters. The summed E-state index contributed by atoms with van der Waals surface area (Å²) in [6.07, 6.45) is 3.62. The largest absolute Gasteiger partial charge is 0.379 e. The van der Waals surface area contributed by atoms with Crippen molar-refractivity contribution in [1.29, 1.82) is 0 Å². The summed E-state index contributed by atoms with van der Waals surface area (Å²) in [6, 6.07) is 20.3. The van der Waals surface area contributed by atoms with Crippen LogP contribution in [0.3, 0.4) is 0 Å². The number of benzene rings is 2. The summed E-state index contributed by atoms with van der Waals surface area (Å²) in [6.45, 7) is 27.9. The Morgan fingerprint density at radius 2 is 1.23 bits per heavy atom. The van der Waals surface area contributed by atoms with Crippen molar-refractivity contribution in [2.45, 2.75) is 113 Å². The van der Waals surface area contributed by atoms with E-state index in [0.717, 1.165) is 39.1 Å². The number of nitrogens with zero attached hydrogens (tertiary/aromatic N) is 1. The highest BCUT2D eigenvalue weighted by atomic mass is 16.6. The molecule has 0 aliphatic carbocycles. The predicted octanol–water partition coefficient (Wildman–Crippen LogP) is 5.51. The first-order chi connectivity index (χ1) is 26.7. The lowest BCUT2D eigenvalue weighted by molar-refractivity contribution is -0.130. The van der Waals surface area contributed by atoms with Crippen LogP contribution in [0.2, 0.25) is 0 Å². The number of morpholine rings is 1. The normalized spacial score (nSPS) is 16.2. The molecule has 2 fully saturated rings. The lowest BCUT2D eigenvalue weighted by atomic mass is 9.93. The van der Waals surface area contributed by atoms with E-state index >= 15 is 0 Å². The number of ketones is 1. The van der Waals surface area contributed by atoms with Crippen molar-refractivity contribution in [1.82, 2.24) is 26.2 Å². The van der Waals surface area contributed by atoms with E-state index in [9.17, 15) is 24.0 Å². The molecule has 2 heterocycles. The van der Waals surface area contributed by atoms with Crippen molar-refractivity contribution in [3.05, 3.63) is 71.8 Å². The maximum absolute atomic E-state index is 12.1. The summed E-state index contributed by atoms with van der Waals surface area (Å²) >= 11 is 0. The molecule has 318 valence electrons. The first kappa shape index (κ1) is 54.0. The Balaban J connectivity index is 0. The van der Waals surface area contributed by atoms with Crippen LogP contribution in [0.1, 0.15) is 93.2 Å². The molecular weight excluding hydrogens is 711 g/mol. The van der Waals surface area contributed by atoms with Gasteiger partial charge in [-0.05, 0) is 64.0 Å². The lowest BCUT2D eigenvalue weighted by Crippen LogP contribution is -2.48. The van der Waals surface area contributed by atoms with Crippen LogP contribution < -0.4 is 21.3 Å². The number of Topliss-reactive ketones (excluding diaryl/α,β-unsaturated/α-hetero) is 1. The Morgan fingerprint density at radius 1 is 0.768 bits per heavy atom. The lowest BCUT2D eigenvalue weighted by Gasteiger charge is -2.24. The average Bonchev–Trinajstić information content (AvgIpc) is 3.96. The van der Waals surface area contributed by atoms with E-state index in [4.69, 9.17) is 9.47 Å². The third-order valence-corrected chi connectivity index (χ3v) is 8.12. The third kappa shape index (κ3) is 30.1. The van der Waals surface area contributed by atoms with Crippen molar-refractivity contribution in [2.75, 3.05) is 52.5 Å². The van der Waals surface area contributed by atoms with Crippen molar-refractivity contribution in [3.63, 3.8) is 0 Å². The van der Waals surface area contributed by atoms with Crippen LogP contribution in [-0.2, 0) is 39.9 Å². The summed E-state index contributed by atoms with van der Waals surface area (Å²) in [5.41, 5.74) is 1.99. The first-order valence-corrected chi connectivity index (χ1v) is 20.2. The van der Waals surface area contributed by atoms with Gasteiger partial charge in [-0.2, -0.15) is 0 Å². The van der Waals surface area contributed by atoms with Crippen LogP contribution in [0.25, 0.3) is 0 Å². The van der Waals surface area contributed by atoms with Gasteiger partial charge in [0.2, 0.25) is 24.6 Å². The molecule has 0 bridgehead atoms. The Kier molecular flexibility index (Phi) is 32.9. The molecule has 2 aromatic carbocycles. The summed E-state index contributed by atoms with van der Waals surface area (Å²) in [5.74, 6) is 0.233. The predicted molar refractivity (Wildman–Crippen MR) is 227 cm³/mol. The number of ether oxygens (including phenoxy) is 2. The van der Waals surface area contributed by atoms with Gasteiger partial charge in [-0.3, -0.25) is 28.9 Å². The zero-order valence-corrected chi connectivity index (χ0v) is 36.3. The Hall–Kier alpha value is -4.13. The van der Waals surface area contributed by atoms with Gasteiger partial charge in [0, 0.05) is 19.1 Å². The molecule has 12 nitrogen and oxygen atoms in total. The average molecular weight is 786 g/mol. The summed E-state index contributed by atoms with van der Waals surface area (Å²) in [7, 11) is 0. The minimum absolute atomic E-state index is 0.0614. The van der Waals surface area contributed by atoms with Gasteiger partial charge in [0.25, 0.3) is 0 Å². The van der Waals surface area contributed by atoms with E-state index in [1.807, 2.05) is 58.9 Å². The van der Waals surface area contributed by atoms with E-state index < -0.39 is 11.6 Å². The smallest absolute Gasteiger partial charge is 0.239 e. The Bertz CT molecular complexity index is 1290. The minimum Gasteiger partial charge on any atom is -0.379 e. The van der Waals surface area contributed by atoms with Crippen LogP contribution in [-0.4, -0.2) is 106 Å². The highest BCUT2D eigenvalue weighted by Crippen LogP contribution is 2.29. The zero-order chi connectivity index (χ0) is 42.8. The fourth-order valence-electron chi connectivity index (χ4n) is 5.09. The second-order valence-electron chi connectivity index (χ2n) is 14.3. The SMILES string of the molecule is CC.CC(C)C[C@@H](C)NC(=O)CNC=O.CC(C)C[C@H](NC(=O)CNC=O)C(=O)[C@@]1(C)CO1.CCN1CCOCC1.CCc1ccccc1.Cc1ccccc1. The molecule has 0 saturated carbocycles. The second kappa shape index (κ2) is 34.1. The molecule has 4 amide bonds. The second-order valence-corrected chi connectivity index (χ2v) is 14.3. The summed E-state index contributed by atoms with van der Waals surface area (Å²) < 4.78 is 10.3. The van der Waals surface area contributed by atoms with E-state index in [1.54, 1.807) is 6.92 Å². The van der Waals surface area contributed by atoms with E-state index in [0.29, 0.717) is 31.8 Å². The van der Waals surface area contributed by atoms with E-state index in [2.05, 4.69) is 97.2 Å². The number of rotatable bonds is 16. The van der Waals surface area contributed by atoms with Gasteiger partial charge in [0.1, 0.15) is 5.60 Å². The van der Waals surface area contributed by atoms with E-state index in [-0.39, 0.29) is 42.6 Å². The van der Waals surface area contributed by atoms with Gasteiger partial charge < -0.3 is 30.7 Å². The van der Waals surface area contributed by atoms with Crippen LogP contribution in [0.5, 0.6) is 0 Å². The van der Waals surface area contributed by atoms with Crippen LogP contribution >= 0.6 is 0 Å². The molecule has 0 aromatic heterocycles. The topological polar surface area (TPSA) is 158 Å². The number of likely N-dealkylation sites (N-methyl/N-ethyl adjacent to an activating group) is 1. The number of hydrogen-bond donors (Lipinski definition) is 4. The summed E-state index contributed by atoms with van der Waals surface area (Å²) in [5, 5.41) is 10.0. The molecule has 0 radical (unpaired) electrons. The number of amides is 4. The quantitative estimate of drug-likeness (QED) is 0.128. The number of aryl methyl sites for hydroxylation is 2. The zero-order valence-electron chi connectivity index (χ0n) is 36.3. The van der Waals surface area contributed by atoms with Gasteiger partial charge in [-0.25, -0.2) is 0 Å². The fourth-order valence-corrected chi connectivity index (χ4v) is 5.09. The van der Waals surface area contributed by atoms with Gasteiger partial charge >= 0.3 is 0 Å². The third-order valence-electron chi connectivity index (χ3n) is 8.12. The van der Waals surface area contributed by atoms with Gasteiger partial charge in [0.15, 0.2) is 5.78 Å². The van der Waals surface area contributed by atoms with E-state index in [1.165, 1.54) is 17.7 Å². The molecule has 56 heavy (non-hydrogen) atoms. The van der Waals surface area contributed by atoms with Crippen molar-refractivity contribution < 1.29 is 33.4 Å². The van der Waals surface area contributed by atoms with Crippen LogP contribution in [0.4, 0.5) is 0 Å². The molecule has 2 saturated heterocycles. The van der Waals surface area contributed by atoms with Gasteiger partial charge in [-0.15, -0.1) is 0 Å². The number of hydrogen-bond acceptors (Lipinski definition) is 8. The van der Waals surface area contributed by atoms with Crippen molar-refractivity contribution in [3.8, 4) is 0 Å². The maximum Gasteiger partial charge on any atom is 0.239 e. The number of nitrogens with one attached hydrogen (secondary N) is 4. The molecular formula is C44H75N5O7. The van der Waals surface area contributed by atoms with Gasteiger partial charge in [-0.1, -0.05) is 122 Å². The molecule has 0 spiro atoms. The summed E-state index contributed by atoms with van der Waals surface area (Å²) in [4.78, 5) is 57.1. The van der Waals surface area contributed by atoms with Crippen molar-refractivity contribution >= 4 is 30.4 Å². The molecule has 2 aliphatic heterocycles. The molecule has 4 N–H and O–H groups in total. The van der Waals surface area contributed by atoms with Crippen molar-refractivity contribution in [2.24, 2.45) is 11.8 Å². The standard InChI is InChI=1S/C12H20N2O4.C9H18N2O2.C8H10.C7H8.C6H13NO.C2H6/c1-8(2)4-9(11(17)12(3)6-18-12)14-10(16)5-13-7-15;1-7(2)4-8(3)11-9(13)5-10-6-12;1-2-8-6-4-3-5-7-8;1-7-5-3-2-4-6-7;1-2-7-3-5-8-6-4-7;1-2/h7-9H,4-6H2,1-3H3,(H,13,15)(H,14,16);6-8H,4-5H2,1-3H3,(H,10,12)(H,11,13);3-7H,2H2,1H3;2-6H,1H3;2-6H2,1H3;1-2H3/t9-,12+;8-;;;;/m01..../s1. The monoisotopic (exact) mass is 786 g/mol. The highest BCUT2D eigenvalue weighted by Gasteiger charge is 2.50. The van der Waals surface area contributed by atoms with Gasteiger partial charge in [0.05, 0.1) is 39.0 Å². The van der Waals surface area contributed by atoms with Crippen LogP contribution in [0, 0.1) is 18.8 Å². The van der Waals surface area contributed by atoms with Crippen LogP contribution in [0.15, 0.2) is 60.7 Å². The molecule has 12 heteroatoms. The molecule has 2 aliphatic rings. The molecule has 4 rings (SSSR count). The Morgan fingerprint density at radius 3 is 1.57 bits per heavy atom. The highest BCUT2D eigenvalue weighted by molar-refractivity contribution is 5.96. The molecule has 3 atom stereocenters. The molecule has 2 aromatic rings. The number of carbonyl (C=O) groups is 5. The first-order valence-electron chi connectivity index (χ1n) is 20.2.